The first-order valence-electron chi connectivity index (χ1n) is 6.70. The molecule has 0 aliphatic rings. The third-order valence-electron chi connectivity index (χ3n) is 3.16. The molecule has 1 heterocycles. The lowest BCUT2D eigenvalue weighted by molar-refractivity contribution is 0.705. The van der Waals surface area contributed by atoms with E-state index in [1.165, 1.54) is 10.8 Å². The van der Waals surface area contributed by atoms with Crippen molar-refractivity contribution in [3.05, 3.63) is 34.9 Å². The molecule has 0 aliphatic carbocycles. The number of nitrogens with one attached hydrogen (secondary N) is 1. The Bertz CT molecular complexity index is 542. The van der Waals surface area contributed by atoms with Crippen LogP contribution in [0.2, 0.25) is 0 Å². The van der Waals surface area contributed by atoms with Crippen LogP contribution in [0.1, 0.15) is 13.3 Å². The molecular formula is C15H20BrN3. The molecule has 1 aromatic heterocycles. The van der Waals surface area contributed by atoms with Crippen LogP contribution >= 0.6 is 15.9 Å². The highest BCUT2D eigenvalue weighted by atomic mass is 79.9. The van der Waals surface area contributed by atoms with Crippen LogP contribution in [0.4, 0.5) is 5.82 Å². The highest BCUT2D eigenvalue weighted by Gasteiger charge is 2.11. The molecule has 0 unspecified atom stereocenters. The fourth-order valence-electron chi connectivity index (χ4n) is 2.25. The Balaban J connectivity index is 2.43. The molecule has 0 atom stereocenters. The Labute approximate surface area is 123 Å². The number of rotatable bonds is 6. The summed E-state index contributed by atoms with van der Waals surface area (Å²) in [4.78, 5) is 6.95. The zero-order valence-electron chi connectivity index (χ0n) is 11.5. The molecule has 0 amide bonds. The zero-order chi connectivity index (χ0) is 13.7. The number of halogens is 1. The maximum atomic E-state index is 4.60. The van der Waals surface area contributed by atoms with Gasteiger partial charge in [0.2, 0.25) is 0 Å². The van der Waals surface area contributed by atoms with E-state index in [2.05, 4.69) is 62.3 Å². The van der Waals surface area contributed by atoms with Gasteiger partial charge >= 0.3 is 0 Å². The minimum atomic E-state index is 0.964. The van der Waals surface area contributed by atoms with Crippen LogP contribution in [0, 0.1) is 0 Å². The summed E-state index contributed by atoms with van der Waals surface area (Å²) < 4.78 is 1.12. The smallest absolute Gasteiger partial charge is 0.136 e. The lowest BCUT2D eigenvalue weighted by atomic mass is 10.1. The monoisotopic (exact) mass is 321 g/mol. The van der Waals surface area contributed by atoms with Gasteiger partial charge in [-0.1, -0.05) is 35.0 Å². The molecule has 4 heteroatoms. The van der Waals surface area contributed by atoms with Gasteiger partial charge in [0.15, 0.2) is 0 Å². The molecule has 19 heavy (non-hydrogen) atoms. The molecule has 0 saturated carbocycles. The Hall–Kier alpha value is -1.13. The van der Waals surface area contributed by atoms with Crippen LogP contribution in [0.25, 0.3) is 10.8 Å². The summed E-state index contributed by atoms with van der Waals surface area (Å²) in [6, 6.07) is 8.35. The lowest BCUT2D eigenvalue weighted by Gasteiger charge is -2.24. The second-order valence-corrected chi connectivity index (χ2v) is 5.41. The number of hydrogen-bond acceptors (Lipinski definition) is 3. The Morgan fingerprint density at radius 1 is 1.21 bits per heavy atom. The third-order valence-corrected chi connectivity index (χ3v) is 3.85. The second-order valence-electron chi connectivity index (χ2n) is 4.56. The molecule has 3 nitrogen and oxygen atoms in total. The summed E-state index contributed by atoms with van der Waals surface area (Å²) in [5.74, 6) is 1.08. The molecule has 0 fully saturated rings. The summed E-state index contributed by atoms with van der Waals surface area (Å²) >= 11 is 3.61. The average molecular weight is 322 g/mol. The molecule has 0 radical (unpaired) electrons. The van der Waals surface area contributed by atoms with Crippen molar-refractivity contribution < 1.29 is 0 Å². The topological polar surface area (TPSA) is 28.2 Å². The number of likely N-dealkylation sites (N-methyl/N-ethyl adjacent to an activating group) is 1. The molecule has 0 saturated heterocycles. The maximum absolute atomic E-state index is 4.60. The summed E-state index contributed by atoms with van der Waals surface area (Å²) in [5, 5.41) is 5.64. The van der Waals surface area contributed by atoms with E-state index in [0.29, 0.717) is 0 Å². The minimum Gasteiger partial charge on any atom is -0.355 e. The molecule has 1 aromatic carbocycles. The summed E-state index contributed by atoms with van der Waals surface area (Å²) in [5.41, 5.74) is 0. The molecule has 2 rings (SSSR count). The number of fused-ring (bicyclic) bond motifs is 1. The van der Waals surface area contributed by atoms with Crippen LogP contribution in [-0.4, -0.2) is 31.7 Å². The first-order chi connectivity index (χ1) is 9.27. The van der Waals surface area contributed by atoms with Gasteiger partial charge in [0, 0.05) is 41.1 Å². The zero-order valence-corrected chi connectivity index (χ0v) is 13.1. The minimum absolute atomic E-state index is 0.964. The Kier molecular flexibility index (Phi) is 5.16. The van der Waals surface area contributed by atoms with Gasteiger partial charge < -0.3 is 10.2 Å². The third kappa shape index (κ3) is 3.25. The van der Waals surface area contributed by atoms with Crippen LogP contribution in [0.3, 0.4) is 0 Å². The van der Waals surface area contributed by atoms with E-state index in [-0.39, 0.29) is 0 Å². The number of anilines is 1. The maximum Gasteiger partial charge on any atom is 0.136 e. The van der Waals surface area contributed by atoms with Crippen molar-refractivity contribution in [1.82, 2.24) is 10.3 Å². The average Bonchev–Trinajstić information content (AvgIpc) is 2.43. The van der Waals surface area contributed by atoms with Gasteiger partial charge in [-0.05, 0) is 25.6 Å². The van der Waals surface area contributed by atoms with Crippen molar-refractivity contribution in [2.45, 2.75) is 13.3 Å². The van der Waals surface area contributed by atoms with E-state index >= 15 is 0 Å². The van der Waals surface area contributed by atoms with E-state index in [0.717, 1.165) is 36.3 Å². The van der Waals surface area contributed by atoms with E-state index in [1.807, 2.05) is 13.2 Å². The number of pyridine rings is 1. The summed E-state index contributed by atoms with van der Waals surface area (Å²) in [7, 11) is 1.98. The molecule has 0 spiro atoms. The van der Waals surface area contributed by atoms with Crippen LogP contribution < -0.4 is 10.2 Å². The van der Waals surface area contributed by atoms with Gasteiger partial charge in [0.05, 0.1) is 0 Å². The fourth-order valence-corrected chi connectivity index (χ4v) is 2.74. The molecule has 0 aliphatic heterocycles. The first kappa shape index (κ1) is 14.3. The Morgan fingerprint density at radius 3 is 2.79 bits per heavy atom. The number of hydrogen-bond donors (Lipinski definition) is 1. The molecule has 2 aromatic rings. The van der Waals surface area contributed by atoms with Crippen molar-refractivity contribution in [1.29, 1.82) is 0 Å². The number of benzene rings is 1. The Morgan fingerprint density at radius 2 is 2.05 bits per heavy atom. The molecule has 102 valence electrons. The highest BCUT2D eigenvalue weighted by molar-refractivity contribution is 9.10. The molecular weight excluding hydrogens is 302 g/mol. The van der Waals surface area contributed by atoms with Gasteiger partial charge in [-0.15, -0.1) is 0 Å². The van der Waals surface area contributed by atoms with Crippen LogP contribution in [-0.2, 0) is 0 Å². The highest BCUT2D eigenvalue weighted by Crippen LogP contribution is 2.29. The SMILES string of the molecule is CCCN(CCNC)c1nccc2c(Br)cccc12. The van der Waals surface area contributed by atoms with E-state index in [4.69, 9.17) is 0 Å². The summed E-state index contributed by atoms with van der Waals surface area (Å²) in [6.07, 6.45) is 3.01. The van der Waals surface area contributed by atoms with Gasteiger partial charge in [0.1, 0.15) is 5.82 Å². The number of nitrogens with zero attached hydrogens (tertiary/aromatic N) is 2. The van der Waals surface area contributed by atoms with Crippen molar-refractivity contribution in [2.75, 3.05) is 31.6 Å². The lowest BCUT2D eigenvalue weighted by Crippen LogP contribution is -2.32. The standard InChI is InChI=1S/C15H20BrN3/c1-3-10-19(11-9-17-2)15-13-5-4-6-14(16)12(13)7-8-18-15/h4-8,17H,3,9-11H2,1-2H3. The van der Waals surface area contributed by atoms with Gasteiger partial charge in [0.25, 0.3) is 0 Å². The first-order valence-corrected chi connectivity index (χ1v) is 7.50. The van der Waals surface area contributed by atoms with Crippen molar-refractivity contribution in [3.8, 4) is 0 Å². The molecule has 1 N–H and O–H groups in total. The van der Waals surface area contributed by atoms with E-state index < -0.39 is 0 Å². The van der Waals surface area contributed by atoms with Crippen LogP contribution in [0.15, 0.2) is 34.9 Å². The van der Waals surface area contributed by atoms with E-state index in [1.54, 1.807) is 0 Å². The fraction of sp³-hybridized carbons (Fsp3) is 0.400. The van der Waals surface area contributed by atoms with Crippen LogP contribution in [0.5, 0.6) is 0 Å². The summed E-state index contributed by atoms with van der Waals surface area (Å²) in [6.45, 7) is 5.17. The predicted octanol–water partition coefficient (Wildman–Crippen LogP) is 3.43. The normalized spacial score (nSPS) is 10.9. The van der Waals surface area contributed by atoms with Gasteiger partial charge in [-0.25, -0.2) is 4.98 Å². The van der Waals surface area contributed by atoms with Crippen molar-refractivity contribution >= 4 is 32.5 Å². The van der Waals surface area contributed by atoms with Gasteiger partial charge in [-0.2, -0.15) is 0 Å². The molecule has 0 bridgehead atoms. The quantitative estimate of drug-likeness (QED) is 0.883. The largest absolute Gasteiger partial charge is 0.355 e. The van der Waals surface area contributed by atoms with Crippen molar-refractivity contribution in [3.63, 3.8) is 0 Å². The van der Waals surface area contributed by atoms with Gasteiger partial charge in [-0.3, -0.25) is 0 Å². The number of aromatic nitrogens is 1. The van der Waals surface area contributed by atoms with E-state index in [9.17, 15) is 0 Å². The second kappa shape index (κ2) is 6.87. The predicted molar refractivity (Wildman–Crippen MR) is 85.9 cm³/mol. The van der Waals surface area contributed by atoms with Crippen molar-refractivity contribution in [2.24, 2.45) is 0 Å².